The lowest BCUT2D eigenvalue weighted by atomic mass is 10.00. The van der Waals surface area contributed by atoms with Crippen LogP contribution >= 0.6 is 0 Å². The molecule has 3 aromatic rings. The number of aromatic nitrogens is 5. The highest BCUT2D eigenvalue weighted by Crippen LogP contribution is 2.30. The average Bonchev–Trinajstić information content (AvgIpc) is 3.33. The Bertz CT molecular complexity index is 972. The predicted molar refractivity (Wildman–Crippen MR) is 101 cm³/mol. The zero-order valence-electron chi connectivity index (χ0n) is 16.1. The Hall–Kier alpha value is -2.94. The summed E-state index contributed by atoms with van der Waals surface area (Å²) in [6, 6.07) is 5.68. The van der Waals surface area contributed by atoms with E-state index in [-0.39, 0.29) is 12.5 Å². The molecule has 1 saturated heterocycles. The van der Waals surface area contributed by atoms with Gasteiger partial charge in [0, 0.05) is 19.0 Å². The number of hydrogen-bond acceptors (Lipinski definition) is 6. The van der Waals surface area contributed by atoms with Gasteiger partial charge in [0.05, 0.1) is 12.7 Å². The standard InChI is InChI=1S/C19H24N6O3/c1-13-5-6-15(28-13)18-21-19(25(22-18)16-7-9-20-23(16)2)14-4-3-10-24(11-8-14)12-17(26)27/h5-7,9,14H,3-4,8,10-12H2,1-2H3,(H,26,27). The smallest absolute Gasteiger partial charge is 0.317 e. The number of aryl methyl sites for hydroxylation is 2. The van der Waals surface area contributed by atoms with Crippen LogP contribution in [0.3, 0.4) is 0 Å². The van der Waals surface area contributed by atoms with Crippen LogP contribution in [0.15, 0.2) is 28.8 Å². The molecule has 1 N–H and O–H groups in total. The van der Waals surface area contributed by atoms with E-state index in [0.29, 0.717) is 11.6 Å². The van der Waals surface area contributed by atoms with Gasteiger partial charge < -0.3 is 9.52 Å². The lowest BCUT2D eigenvalue weighted by Crippen LogP contribution is -2.30. The van der Waals surface area contributed by atoms with E-state index in [2.05, 4.69) is 5.10 Å². The van der Waals surface area contributed by atoms with E-state index in [1.54, 1.807) is 10.9 Å². The van der Waals surface area contributed by atoms with Crippen molar-refractivity contribution in [3.8, 4) is 17.4 Å². The monoisotopic (exact) mass is 384 g/mol. The molecule has 0 saturated carbocycles. The minimum absolute atomic E-state index is 0.0814. The highest BCUT2D eigenvalue weighted by Gasteiger charge is 2.27. The summed E-state index contributed by atoms with van der Waals surface area (Å²) in [6.07, 6.45) is 4.42. The molecule has 1 atom stereocenters. The maximum Gasteiger partial charge on any atom is 0.317 e. The zero-order valence-corrected chi connectivity index (χ0v) is 16.1. The van der Waals surface area contributed by atoms with Gasteiger partial charge in [-0.2, -0.15) is 9.78 Å². The topological polar surface area (TPSA) is 102 Å². The van der Waals surface area contributed by atoms with Gasteiger partial charge >= 0.3 is 5.97 Å². The molecule has 1 unspecified atom stereocenters. The fourth-order valence-corrected chi connectivity index (χ4v) is 3.75. The van der Waals surface area contributed by atoms with Gasteiger partial charge in [0.15, 0.2) is 11.6 Å². The fourth-order valence-electron chi connectivity index (χ4n) is 3.75. The SMILES string of the molecule is Cc1ccc(-c2nc(C3CCCN(CC(=O)O)CC3)n(-c3ccnn3C)n2)o1. The first-order chi connectivity index (χ1) is 13.5. The summed E-state index contributed by atoms with van der Waals surface area (Å²) < 4.78 is 9.34. The Kier molecular flexibility index (Phi) is 4.99. The second-order valence-electron chi connectivity index (χ2n) is 7.23. The van der Waals surface area contributed by atoms with Crippen molar-refractivity contribution in [2.24, 2.45) is 7.05 Å². The van der Waals surface area contributed by atoms with E-state index in [1.807, 2.05) is 41.8 Å². The molecule has 1 aliphatic rings. The molecule has 3 aromatic heterocycles. The Morgan fingerprint density at radius 1 is 1.29 bits per heavy atom. The number of hydrogen-bond donors (Lipinski definition) is 1. The van der Waals surface area contributed by atoms with Gasteiger partial charge in [-0.1, -0.05) is 0 Å². The number of carboxylic acid groups (broad SMARTS) is 1. The number of furan rings is 1. The molecule has 4 heterocycles. The number of carbonyl (C=O) groups is 1. The van der Waals surface area contributed by atoms with Gasteiger partial charge in [0.2, 0.25) is 5.82 Å². The van der Waals surface area contributed by atoms with Crippen LogP contribution in [0.5, 0.6) is 0 Å². The molecule has 1 fully saturated rings. The van der Waals surface area contributed by atoms with Crippen molar-refractivity contribution in [2.45, 2.75) is 32.1 Å². The van der Waals surface area contributed by atoms with Crippen LogP contribution in [0.1, 0.15) is 36.8 Å². The van der Waals surface area contributed by atoms with Crippen LogP contribution in [-0.4, -0.2) is 60.2 Å². The molecule has 0 bridgehead atoms. The van der Waals surface area contributed by atoms with Gasteiger partial charge in [-0.25, -0.2) is 4.98 Å². The highest BCUT2D eigenvalue weighted by molar-refractivity contribution is 5.69. The van der Waals surface area contributed by atoms with Crippen molar-refractivity contribution in [3.05, 3.63) is 36.0 Å². The Morgan fingerprint density at radius 3 is 2.82 bits per heavy atom. The summed E-state index contributed by atoms with van der Waals surface area (Å²) in [4.78, 5) is 17.9. The lowest BCUT2D eigenvalue weighted by Gasteiger charge is -2.17. The number of likely N-dealkylation sites (tertiary alicyclic amines) is 1. The number of nitrogens with zero attached hydrogens (tertiary/aromatic N) is 6. The molecule has 9 heteroatoms. The summed E-state index contributed by atoms with van der Waals surface area (Å²) in [7, 11) is 1.87. The van der Waals surface area contributed by atoms with Gasteiger partial charge in [-0.05, 0) is 51.4 Å². The van der Waals surface area contributed by atoms with E-state index < -0.39 is 5.97 Å². The second kappa shape index (κ2) is 7.59. The predicted octanol–water partition coefficient (Wildman–Crippen LogP) is 2.22. The van der Waals surface area contributed by atoms with Crippen LogP contribution in [0.25, 0.3) is 17.4 Å². The quantitative estimate of drug-likeness (QED) is 0.719. The molecule has 0 spiro atoms. The maximum absolute atomic E-state index is 11.1. The van der Waals surface area contributed by atoms with Crippen LogP contribution in [0, 0.1) is 6.92 Å². The molecule has 4 rings (SSSR count). The lowest BCUT2D eigenvalue weighted by molar-refractivity contribution is -0.138. The summed E-state index contributed by atoms with van der Waals surface area (Å²) in [5, 5.41) is 18.1. The van der Waals surface area contributed by atoms with Crippen LogP contribution in [-0.2, 0) is 11.8 Å². The van der Waals surface area contributed by atoms with Gasteiger partial charge in [-0.3, -0.25) is 14.4 Å². The Labute approximate surface area is 162 Å². The highest BCUT2D eigenvalue weighted by atomic mass is 16.4. The fraction of sp³-hybridized carbons (Fsp3) is 0.474. The summed E-state index contributed by atoms with van der Waals surface area (Å²) in [5.41, 5.74) is 0. The summed E-state index contributed by atoms with van der Waals surface area (Å²) >= 11 is 0. The first-order valence-electron chi connectivity index (χ1n) is 9.47. The van der Waals surface area contributed by atoms with Crippen LogP contribution < -0.4 is 0 Å². The molecular weight excluding hydrogens is 360 g/mol. The molecule has 9 nitrogen and oxygen atoms in total. The van der Waals surface area contributed by atoms with Crippen LogP contribution in [0.4, 0.5) is 0 Å². The molecule has 28 heavy (non-hydrogen) atoms. The third-order valence-corrected chi connectivity index (χ3v) is 5.15. The number of aliphatic carboxylic acids is 1. The second-order valence-corrected chi connectivity index (χ2v) is 7.23. The molecule has 0 aromatic carbocycles. The largest absolute Gasteiger partial charge is 0.480 e. The first kappa shape index (κ1) is 18.4. The molecule has 0 radical (unpaired) electrons. The van der Waals surface area contributed by atoms with Crippen molar-refractivity contribution >= 4 is 5.97 Å². The minimum Gasteiger partial charge on any atom is -0.480 e. The summed E-state index contributed by atoms with van der Waals surface area (Å²) in [5.74, 6) is 3.11. The van der Waals surface area contributed by atoms with Crippen molar-refractivity contribution in [3.63, 3.8) is 0 Å². The zero-order chi connectivity index (χ0) is 19.7. The van der Waals surface area contributed by atoms with Gasteiger partial charge in [0.1, 0.15) is 11.6 Å². The van der Waals surface area contributed by atoms with Crippen LogP contribution in [0.2, 0.25) is 0 Å². The van der Waals surface area contributed by atoms with Crippen molar-refractivity contribution < 1.29 is 14.3 Å². The third kappa shape index (κ3) is 3.70. The Balaban J connectivity index is 1.68. The molecule has 0 amide bonds. The van der Waals surface area contributed by atoms with Crippen molar-refractivity contribution in [2.75, 3.05) is 19.6 Å². The van der Waals surface area contributed by atoms with E-state index in [1.165, 1.54) is 0 Å². The van der Waals surface area contributed by atoms with E-state index >= 15 is 0 Å². The van der Waals surface area contributed by atoms with Gasteiger partial charge in [0.25, 0.3) is 0 Å². The molecular formula is C19H24N6O3. The third-order valence-electron chi connectivity index (χ3n) is 5.15. The summed E-state index contributed by atoms with van der Waals surface area (Å²) in [6.45, 7) is 3.49. The van der Waals surface area contributed by atoms with E-state index in [4.69, 9.17) is 19.6 Å². The van der Waals surface area contributed by atoms with Gasteiger partial charge in [-0.15, -0.1) is 5.10 Å². The van der Waals surface area contributed by atoms with E-state index in [9.17, 15) is 4.79 Å². The molecule has 1 aliphatic heterocycles. The number of rotatable bonds is 5. The van der Waals surface area contributed by atoms with Crippen molar-refractivity contribution in [1.82, 2.24) is 29.4 Å². The number of carboxylic acids is 1. The normalized spacial score (nSPS) is 18.3. The molecule has 148 valence electrons. The maximum atomic E-state index is 11.1. The van der Waals surface area contributed by atoms with Crippen molar-refractivity contribution in [1.29, 1.82) is 0 Å². The average molecular weight is 384 g/mol. The Morgan fingerprint density at radius 2 is 2.14 bits per heavy atom. The first-order valence-corrected chi connectivity index (χ1v) is 9.47. The minimum atomic E-state index is -0.785. The molecule has 0 aliphatic carbocycles. The van der Waals surface area contributed by atoms with E-state index in [0.717, 1.165) is 49.8 Å².